The molecule has 0 aliphatic carbocycles. The topological polar surface area (TPSA) is 8.17 Å². The number of aromatic nitrogens is 1. The number of anilines is 3. The zero-order chi connectivity index (χ0) is 38.4. The molecule has 272 valence electrons. The molecule has 10 aromatic carbocycles. The van der Waals surface area contributed by atoms with E-state index in [-0.39, 0.29) is 0 Å². The van der Waals surface area contributed by atoms with Crippen LogP contribution in [0.15, 0.2) is 231 Å². The summed E-state index contributed by atoms with van der Waals surface area (Å²) in [7, 11) is 0. The minimum Gasteiger partial charge on any atom is -0.311 e. The molecule has 58 heavy (non-hydrogen) atoms. The standard InChI is InChI=1S/C56H38N2/c1-2-17-44(18-3-1)58-55-26-9-8-21-53(55)54-25-12-24-52(56(54)58)43-31-37-47(38-32-43)57(45-33-27-41(28-34-45)50-22-10-15-39-13-4-6-19-48(39)50)46-35-29-42(30-36-46)51-23-11-16-40-14-5-7-20-49(40)51/h1-38H. The van der Waals surface area contributed by atoms with Crippen molar-refractivity contribution in [2.24, 2.45) is 0 Å². The summed E-state index contributed by atoms with van der Waals surface area (Å²) in [5, 5.41) is 7.52. The molecule has 2 heteroatoms. The highest BCUT2D eigenvalue weighted by molar-refractivity contribution is 6.14. The lowest BCUT2D eigenvalue weighted by atomic mass is 9.97. The maximum Gasteiger partial charge on any atom is 0.0619 e. The minimum atomic E-state index is 1.09. The van der Waals surface area contributed by atoms with Crippen LogP contribution in [0.2, 0.25) is 0 Å². The number of benzene rings is 10. The fourth-order valence-corrected chi connectivity index (χ4v) is 8.87. The Hall–Kier alpha value is -7.68. The van der Waals surface area contributed by atoms with E-state index in [9.17, 15) is 0 Å². The van der Waals surface area contributed by atoms with Crippen LogP contribution < -0.4 is 4.90 Å². The van der Waals surface area contributed by atoms with Crippen LogP contribution in [0.1, 0.15) is 0 Å². The van der Waals surface area contributed by atoms with Crippen molar-refractivity contribution in [3.63, 3.8) is 0 Å². The fourth-order valence-electron chi connectivity index (χ4n) is 8.87. The van der Waals surface area contributed by atoms with E-state index < -0.39 is 0 Å². The van der Waals surface area contributed by atoms with Crippen LogP contribution in [-0.4, -0.2) is 4.57 Å². The summed E-state index contributed by atoms with van der Waals surface area (Å²) in [4.78, 5) is 2.37. The first-order valence-electron chi connectivity index (χ1n) is 19.9. The molecular weight excluding hydrogens is 701 g/mol. The summed E-state index contributed by atoms with van der Waals surface area (Å²) >= 11 is 0. The molecule has 0 saturated carbocycles. The molecule has 1 aromatic heterocycles. The van der Waals surface area contributed by atoms with Gasteiger partial charge in [-0.3, -0.25) is 0 Å². The highest BCUT2D eigenvalue weighted by Gasteiger charge is 2.18. The van der Waals surface area contributed by atoms with Crippen molar-refractivity contribution in [2.75, 3.05) is 4.90 Å². The third-order valence-electron chi connectivity index (χ3n) is 11.6. The number of nitrogens with zero attached hydrogens (tertiary/aromatic N) is 2. The molecular formula is C56H38N2. The van der Waals surface area contributed by atoms with Crippen LogP contribution in [0, 0.1) is 0 Å². The molecule has 0 aliphatic heterocycles. The second-order valence-corrected chi connectivity index (χ2v) is 14.9. The maximum absolute atomic E-state index is 2.41. The molecule has 0 radical (unpaired) electrons. The van der Waals surface area contributed by atoms with Gasteiger partial charge in [-0.15, -0.1) is 0 Å². The highest BCUT2D eigenvalue weighted by Crippen LogP contribution is 2.42. The molecule has 11 aromatic rings. The van der Waals surface area contributed by atoms with Gasteiger partial charge < -0.3 is 9.47 Å². The first-order chi connectivity index (χ1) is 28.8. The molecule has 0 bridgehead atoms. The molecule has 1 heterocycles. The summed E-state index contributed by atoms with van der Waals surface area (Å²) in [6, 6.07) is 83.6. The number of fused-ring (bicyclic) bond motifs is 5. The maximum atomic E-state index is 2.41. The van der Waals surface area contributed by atoms with Gasteiger partial charge in [0, 0.05) is 39.1 Å². The van der Waals surface area contributed by atoms with E-state index in [1.165, 1.54) is 76.7 Å². The minimum absolute atomic E-state index is 1.09. The van der Waals surface area contributed by atoms with Gasteiger partial charge in [0.15, 0.2) is 0 Å². The smallest absolute Gasteiger partial charge is 0.0619 e. The van der Waals surface area contributed by atoms with E-state index in [1.807, 2.05) is 0 Å². The zero-order valence-corrected chi connectivity index (χ0v) is 31.8. The van der Waals surface area contributed by atoms with Crippen molar-refractivity contribution < 1.29 is 0 Å². The Labute approximate surface area is 338 Å². The second-order valence-electron chi connectivity index (χ2n) is 14.9. The lowest BCUT2D eigenvalue weighted by molar-refractivity contribution is 1.18. The molecule has 0 N–H and O–H groups in total. The number of hydrogen-bond donors (Lipinski definition) is 0. The van der Waals surface area contributed by atoms with E-state index in [0.29, 0.717) is 0 Å². The van der Waals surface area contributed by atoms with Gasteiger partial charge in [-0.05, 0) is 104 Å². The van der Waals surface area contributed by atoms with Crippen LogP contribution in [0.5, 0.6) is 0 Å². The Morgan fingerprint density at radius 2 is 0.672 bits per heavy atom. The predicted molar refractivity (Wildman–Crippen MR) is 247 cm³/mol. The van der Waals surface area contributed by atoms with Gasteiger partial charge in [0.2, 0.25) is 0 Å². The average molecular weight is 739 g/mol. The van der Waals surface area contributed by atoms with Crippen LogP contribution in [0.3, 0.4) is 0 Å². The van der Waals surface area contributed by atoms with Gasteiger partial charge in [0.05, 0.1) is 11.0 Å². The van der Waals surface area contributed by atoms with E-state index in [0.717, 1.165) is 22.7 Å². The molecule has 0 aliphatic rings. The van der Waals surface area contributed by atoms with Crippen molar-refractivity contribution in [3.8, 4) is 39.1 Å². The van der Waals surface area contributed by atoms with Crippen LogP contribution in [0.4, 0.5) is 17.1 Å². The lowest BCUT2D eigenvalue weighted by Crippen LogP contribution is -2.09. The van der Waals surface area contributed by atoms with Crippen molar-refractivity contribution >= 4 is 60.4 Å². The Morgan fingerprint density at radius 3 is 1.22 bits per heavy atom. The van der Waals surface area contributed by atoms with Crippen molar-refractivity contribution in [3.05, 3.63) is 231 Å². The van der Waals surface area contributed by atoms with Gasteiger partial charge in [0.25, 0.3) is 0 Å². The highest BCUT2D eigenvalue weighted by atomic mass is 15.1. The lowest BCUT2D eigenvalue weighted by Gasteiger charge is -2.26. The van der Waals surface area contributed by atoms with Gasteiger partial charge in [-0.25, -0.2) is 0 Å². The van der Waals surface area contributed by atoms with Gasteiger partial charge in [-0.2, -0.15) is 0 Å². The molecule has 0 spiro atoms. The monoisotopic (exact) mass is 738 g/mol. The summed E-state index contributed by atoms with van der Waals surface area (Å²) in [5.74, 6) is 0. The van der Waals surface area contributed by atoms with Gasteiger partial charge >= 0.3 is 0 Å². The molecule has 0 atom stereocenters. The third-order valence-corrected chi connectivity index (χ3v) is 11.6. The van der Waals surface area contributed by atoms with Gasteiger partial charge in [0.1, 0.15) is 0 Å². The Balaban J connectivity index is 1.03. The number of para-hydroxylation sites is 3. The molecule has 0 fully saturated rings. The van der Waals surface area contributed by atoms with Crippen LogP contribution in [0.25, 0.3) is 82.4 Å². The summed E-state index contributed by atoms with van der Waals surface area (Å²) in [6.07, 6.45) is 0. The van der Waals surface area contributed by atoms with Crippen molar-refractivity contribution in [2.45, 2.75) is 0 Å². The first-order valence-corrected chi connectivity index (χ1v) is 19.9. The van der Waals surface area contributed by atoms with Crippen LogP contribution >= 0.6 is 0 Å². The fraction of sp³-hybridized carbons (Fsp3) is 0. The van der Waals surface area contributed by atoms with Gasteiger partial charge in [-0.1, -0.05) is 176 Å². The Kier molecular flexibility index (Phi) is 8.19. The van der Waals surface area contributed by atoms with E-state index in [4.69, 9.17) is 0 Å². The van der Waals surface area contributed by atoms with Crippen molar-refractivity contribution in [1.82, 2.24) is 4.57 Å². The molecule has 0 unspecified atom stereocenters. The third kappa shape index (κ3) is 5.74. The largest absolute Gasteiger partial charge is 0.311 e. The van der Waals surface area contributed by atoms with Crippen LogP contribution in [-0.2, 0) is 0 Å². The number of hydrogen-bond acceptors (Lipinski definition) is 1. The molecule has 0 saturated heterocycles. The summed E-state index contributed by atoms with van der Waals surface area (Å²) in [5.41, 5.74) is 14.1. The van der Waals surface area contributed by atoms with E-state index in [1.54, 1.807) is 0 Å². The Bertz CT molecular complexity index is 3120. The summed E-state index contributed by atoms with van der Waals surface area (Å²) < 4.78 is 2.41. The molecule has 2 nitrogen and oxygen atoms in total. The summed E-state index contributed by atoms with van der Waals surface area (Å²) in [6.45, 7) is 0. The zero-order valence-electron chi connectivity index (χ0n) is 31.8. The predicted octanol–water partition coefficient (Wildman–Crippen LogP) is 15.6. The molecule has 11 rings (SSSR count). The average Bonchev–Trinajstić information content (AvgIpc) is 3.64. The SMILES string of the molecule is c1ccc(-n2c3ccccc3c3cccc(-c4ccc(N(c5ccc(-c6cccc7ccccc67)cc5)c5ccc(-c6cccc7ccccc67)cc5)cc4)c32)cc1. The second kappa shape index (κ2) is 14.1. The molecule has 0 amide bonds. The quantitative estimate of drug-likeness (QED) is 0.158. The number of rotatable bonds is 7. The van der Waals surface area contributed by atoms with E-state index >= 15 is 0 Å². The normalized spacial score (nSPS) is 11.4. The first kappa shape index (κ1) is 33.6. The Morgan fingerprint density at radius 1 is 0.276 bits per heavy atom. The van der Waals surface area contributed by atoms with E-state index in [2.05, 4.69) is 240 Å². The van der Waals surface area contributed by atoms with Crippen molar-refractivity contribution in [1.29, 1.82) is 0 Å².